The van der Waals surface area contributed by atoms with Gasteiger partial charge in [0.05, 0.1) is 11.6 Å². The minimum atomic E-state index is -0.469. The van der Waals surface area contributed by atoms with E-state index in [9.17, 15) is 4.39 Å². The molecular weight excluding hydrogens is 417 g/mol. The molecule has 3 aromatic heterocycles. The summed E-state index contributed by atoms with van der Waals surface area (Å²) in [5.74, 6) is 2.49. The summed E-state index contributed by atoms with van der Waals surface area (Å²) in [5.41, 5.74) is 3.04. The molecule has 1 aliphatic heterocycles. The number of fused-ring (bicyclic) bond motifs is 1. The van der Waals surface area contributed by atoms with Gasteiger partial charge in [0.15, 0.2) is 5.75 Å². The fraction of sp³-hybridized carbons (Fsp3) is 0.364. The second kappa shape index (κ2) is 9.47. The third kappa shape index (κ3) is 4.87. The van der Waals surface area contributed by atoms with Crippen LogP contribution in [0.5, 0.6) is 11.6 Å². The maximum atomic E-state index is 13.4. The van der Waals surface area contributed by atoms with E-state index in [1.807, 2.05) is 12.1 Å². The highest BCUT2D eigenvalue weighted by molar-refractivity contribution is 8.00. The molecule has 0 amide bonds. The third-order valence-corrected chi connectivity index (χ3v) is 6.49. The molecule has 4 heterocycles. The summed E-state index contributed by atoms with van der Waals surface area (Å²) < 4.78 is 24.9. The predicted molar refractivity (Wildman–Crippen MR) is 119 cm³/mol. The molecule has 7 nitrogen and oxygen atoms in total. The van der Waals surface area contributed by atoms with Gasteiger partial charge in [-0.3, -0.25) is 0 Å². The van der Waals surface area contributed by atoms with Gasteiger partial charge in [0.25, 0.3) is 5.88 Å². The zero-order valence-electron chi connectivity index (χ0n) is 17.6. The van der Waals surface area contributed by atoms with Gasteiger partial charge < -0.3 is 14.8 Å². The second-order valence-electron chi connectivity index (χ2n) is 7.33. The molecule has 2 atom stereocenters. The minimum absolute atomic E-state index is 0.250. The Kier molecular flexibility index (Phi) is 6.50. The molecule has 0 saturated carbocycles. The van der Waals surface area contributed by atoms with Crippen LogP contribution in [-0.2, 0) is 0 Å². The van der Waals surface area contributed by atoms with Crippen molar-refractivity contribution >= 4 is 17.6 Å². The zero-order valence-corrected chi connectivity index (χ0v) is 18.4. The standard InChI is InChI=1S/C22H24FN5O2S/c1-13-8-16(10-25-21(13)23)18-9-19(27-11-26-18)28-12-31-15(3)14(2)17-4-5-24-22-20(17)29-6-7-30-22/h4-5,8-11,14-15H,6-7,12H2,1-3H3,(H,26,27,28)/t14?,15-/m0/s1. The Labute approximate surface area is 184 Å². The van der Waals surface area contributed by atoms with Crippen LogP contribution in [-0.4, -0.2) is 44.3 Å². The van der Waals surface area contributed by atoms with Crippen molar-refractivity contribution in [1.82, 2.24) is 19.9 Å². The first-order chi connectivity index (χ1) is 15.0. The molecule has 1 aliphatic rings. The first-order valence-electron chi connectivity index (χ1n) is 10.1. The molecule has 1 N–H and O–H groups in total. The average molecular weight is 442 g/mol. The zero-order chi connectivity index (χ0) is 21.8. The Bertz CT molecular complexity index is 1070. The van der Waals surface area contributed by atoms with Crippen molar-refractivity contribution in [2.45, 2.75) is 31.9 Å². The van der Waals surface area contributed by atoms with Gasteiger partial charge in [-0.25, -0.2) is 19.9 Å². The third-order valence-electron chi connectivity index (χ3n) is 5.24. The number of hydrogen-bond donors (Lipinski definition) is 1. The van der Waals surface area contributed by atoms with Crippen molar-refractivity contribution in [1.29, 1.82) is 0 Å². The smallest absolute Gasteiger partial charge is 0.257 e. The number of rotatable bonds is 7. The summed E-state index contributed by atoms with van der Waals surface area (Å²) in [6.45, 7) is 7.12. The lowest BCUT2D eigenvalue weighted by Crippen LogP contribution is -2.20. The molecule has 0 bridgehead atoms. The van der Waals surface area contributed by atoms with Gasteiger partial charge >= 0.3 is 0 Å². The van der Waals surface area contributed by atoms with Crippen LogP contribution >= 0.6 is 11.8 Å². The van der Waals surface area contributed by atoms with Crippen LogP contribution in [0.3, 0.4) is 0 Å². The van der Waals surface area contributed by atoms with Crippen molar-refractivity contribution in [3.63, 3.8) is 0 Å². The van der Waals surface area contributed by atoms with Gasteiger partial charge in [-0.1, -0.05) is 13.8 Å². The number of nitrogens with zero attached hydrogens (tertiary/aromatic N) is 4. The number of halogens is 1. The molecule has 0 spiro atoms. The van der Waals surface area contributed by atoms with Crippen LogP contribution < -0.4 is 14.8 Å². The van der Waals surface area contributed by atoms with Crippen molar-refractivity contribution in [3.8, 4) is 22.9 Å². The van der Waals surface area contributed by atoms with Crippen molar-refractivity contribution < 1.29 is 13.9 Å². The van der Waals surface area contributed by atoms with Crippen molar-refractivity contribution in [3.05, 3.63) is 54.0 Å². The molecular formula is C22H24FN5O2S. The molecule has 31 heavy (non-hydrogen) atoms. The van der Waals surface area contributed by atoms with Crippen LogP contribution in [0.4, 0.5) is 10.2 Å². The van der Waals surface area contributed by atoms with E-state index < -0.39 is 5.95 Å². The highest BCUT2D eigenvalue weighted by Crippen LogP contribution is 2.39. The van der Waals surface area contributed by atoms with Gasteiger partial charge in [0.1, 0.15) is 25.4 Å². The molecule has 3 aromatic rings. The molecule has 0 saturated heterocycles. The summed E-state index contributed by atoms with van der Waals surface area (Å²) in [4.78, 5) is 16.6. The van der Waals surface area contributed by atoms with Gasteiger partial charge in [-0.05, 0) is 25.0 Å². The van der Waals surface area contributed by atoms with E-state index in [1.54, 1.807) is 30.9 Å². The Morgan fingerprint density at radius 3 is 2.81 bits per heavy atom. The molecule has 9 heteroatoms. The molecule has 162 valence electrons. The largest absolute Gasteiger partial charge is 0.484 e. The SMILES string of the molecule is Cc1cc(-c2cc(NCS[C@@H](C)C(C)c3ccnc4c3OCCO4)ncn2)cnc1F. The van der Waals surface area contributed by atoms with E-state index in [0.717, 1.165) is 16.9 Å². The molecule has 0 fully saturated rings. The van der Waals surface area contributed by atoms with E-state index in [-0.39, 0.29) is 5.92 Å². The maximum Gasteiger partial charge on any atom is 0.257 e. The lowest BCUT2D eigenvalue weighted by molar-refractivity contribution is 0.162. The summed E-state index contributed by atoms with van der Waals surface area (Å²) in [6, 6.07) is 5.57. The summed E-state index contributed by atoms with van der Waals surface area (Å²) in [7, 11) is 0. The molecule has 0 radical (unpaired) electrons. The normalized spacial score (nSPS) is 14.7. The monoisotopic (exact) mass is 441 g/mol. The van der Waals surface area contributed by atoms with Crippen molar-refractivity contribution in [2.75, 3.05) is 24.4 Å². The summed E-state index contributed by atoms with van der Waals surface area (Å²) in [5, 5.41) is 3.64. The van der Waals surface area contributed by atoms with Crippen LogP contribution in [0.25, 0.3) is 11.3 Å². The van der Waals surface area contributed by atoms with E-state index >= 15 is 0 Å². The average Bonchev–Trinajstić information content (AvgIpc) is 2.80. The quantitative estimate of drug-likeness (QED) is 0.425. The van der Waals surface area contributed by atoms with Crippen LogP contribution in [0.1, 0.15) is 30.9 Å². The molecule has 1 unspecified atom stereocenters. The first-order valence-corrected chi connectivity index (χ1v) is 11.1. The summed E-state index contributed by atoms with van der Waals surface area (Å²) in [6.07, 6.45) is 4.74. The Balaban J connectivity index is 1.38. The van der Waals surface area contributed by atoms with Gasteiger partial charge in [0, 0.05) is 40.4 Å². The first kappa shape index (κ1) is 21.3. The maximum absolute atomic E-state index is 13.4. The minimum Gasteiger partial charge on any atom is -0.484 e. The van der Waals surface area contributed by atoms with Crippen LogP contribution in [0.2, 0.25) is 0 Å². The van der Waals surface area contributed by atoms with Gasteiger partial charge in [-0.2, -0.15) is 4.39 Å². The fourth-order valence-electron chi connectivity index (χ4n) is 3.29. The molecule has 0 aromatic carbocycles. The van der Waals surface area contributed by atoms with E-state index in [2.05, 4.69) is 39.1 Å². The second-order valence-corrected chi connectivity index (χ2v) is 8.70. The van der Waals surface area contributed by atoms with Crippen LogP contribution in [0, 0.1) is 12.9 Å². The lowest BCUT2D eigenvalue weighted by atomic mass is 9.98. The molecule has 4 rings (SSSR count). The van der Waals surface area contributed by atoms with E-state index in [1.165, 1.54) is 12.5 Å². The Morgan fingerprint density at radius 1 is 1.13 bits per heavy atom. The number of nitrogens with one attached hydrogen (secondary N) is 1. The number of thioether (sulfide) groups is 1. The topological polar surface area (TPSA) is 82.1 Å². The Morgan fingerprint density at radius 2 is 1.97 bits per heavy atom. The summed E-state index contributed by atoms with van der Waals surface area (Å²) >= 11 is 1.78. The van der Waals surface area contributed by atoms with Crippen molar-refractivity contribution in [2.24, 2.45) is 0 Å². The highest BCUT2D eigenvalue weighted by Gasteiger charge is 2.24. The number of ether oxygens (including phenoxy) is 2. The number of aromatic nitrogens is 4. The number of anilines is 1. The predicted octanol–water partition coefficient (Wildman–Crippen LogP) is 4.45. The molecule has 0 aliphatic carbocycles. The Hall–Kier alpha value is -2.94. The van der Waals surface area contributed by atoms with Gasteiger partial charge in [0.2, 0.25) is 5.95 Å². The lowest BCUT2D eigenvalue weighted by Gasteiger charge is -2.25. The van der Waals surface area contributed by atoms with E-state index in [4.69, 9.17) is 9.47 Å². The highest BCUT2D eigenvalue weighted by atomic mass is 32.2. The number of hydrogen-bond acceptors (Lipinski definition) is 8. The number of pyridine rings is 2. The number of aryl methyl sites for hydroxylation is 1. The van der Waals surface area contributed by atoms with Gasteiger partial charge in [-0.15, -0.1) is 11.8 Å². The fourth-order valence-corrected chi connectivity index (χ4v) is 4.22. The van der Waals surface area contributed by atoms with Crippen LogP contribution in [0.15, 0.2) is 36.9 Å². The van der Waals surface area contributed by atoms with E-state index in [0.29, 0.717) is 47.3 Å².